The number of thioether (sulfide) groups is 1. The third-order valence-electron chi connectivity index (χ3n) is 5.44. The number of amidine groups is 1. The first-order valence-electron chi connectivity index (χ1n) is 10.5. The van der Waals surface area contributed by atoms with Gasteiger partial charge in [0.05, 0.1) is 50.8 Å². The highest BCUT2D eigenvalue weighted by Crippen LogP contribution is 2.45. The van der Waals surface area contributed by atoms with Crippen LogP contribution in [0.2, 0.25) is 0 Å². The first-order valence-corrected chi connectivity index (χ1v) is 11.4. The molecule has 8 nitrogen and oxygen atoms in total. The topological polar surface area (TPSA) is 93.4 Å². The first-order chi connectivity index (χ1) is 16.0. The molecule has 3 heterocycles. The fraction of sp³-hybridized carbons (Fsp3) is 0.292. The molecule has 1 aromatic heterocycles. The number of nitrogens with zero attached hydrogens (tertiary/aromatic N) is 2. The summed E-state index contributed by atoms with van der Waals surface area (Å²) in [5, 5.41) is 5.52. The van der Waals surface area contributed by atoms with Crippen molar-refractivity contribution >= 4 is 28.8 Å². The second-order valence-corrected chi connectivity index (χ2v) is 8.24. The summed E-state index contributed by atoms with van der Waals surface area (Å²) in [6.07, 6.45) is 2.28. The number of nitrogens with one attached hydrogen (secondary N) is 1. The first kappa shape index (κ1) is 22.7. The standard InChI is InChI=1S/C24H25N3O5S/c1-4-19-21(23(29)31-3)22(15-7-9-17(30-2)10-8-15)27-16(14-33-24(27)26-19)12-20(28)25-13-18-6-5-11-32-18/h5-11,14,22H,4,12-13H2,1-3H3,(H,25,28). The average molecular weight is 468 g/mol. The van der Waals surface area contributed by atoms with Crippen LogP contribution in [0.3, 0.4) is 0 Å². The largest absolute Gasteiger partial charge is 0.497 e. The van der Waals surface area contributed by atoms with Crippen LogP contribution in [-0.2, 0) is 20.9 Å². The zero-order chi connectivity index (χ0) is 23.4. The van der Waals surface area contributed by atoms with E-state index in [1.165, 1.54) is 18.9 Å². The fourth-order valence-corrected chi connectivity index (χ4v) is 4.78. The van der Waals surface area contributed by atoms with Crippen molar-refractivity contribution in [1.29, 1.82) is 0 Å². The predicted octanol–water partition coefficient (Wildman–Crippen LogP) is 4.13. The molecule has 1 unspecified atom stereocenters. The summed E-state index contributed by atoms with van der Waals surface area (Å²) in [5.74, 6) is 0.802. The van der Waals surface area contributed by atoms with Crippen molar-refractivity contribution in [2.45, 2.75) is 32.4 Å². The van der Waals surface area contributed by atoms with Gasteiger partial charge in [0.1, 0.15) is 11.5 Å². The lowest BCUT2D eigenvalue weighted by Gasteiger charge is -2.36. The molecule has 1 N–H and O–H groups in total. The number of carbonyl (C=O) groups is 2. The van der Waals surface area contributed by atoms with E-state index in [0.29, 0.717) is 35.7 Å². The minimum absolute atomic E-state index is 0.134. The van der Waals surface area contributed by atoms with E-state index in [1.807, 2.05) is 41.5 Å². The van der Waals surface area contributed by atoms with Crippen molar-refractivity contribution in [3.63, 3.8) is 0 Å². The van der Waals surface area contributed by atoms with Crippen molar-refractivity contribution in [2.24, 2.45) is 4.99 Å². The lowest BCUT2D eigenvalue weighted by atomic mass is 9.93. The van der Waals surface area contributed by atoms with E-state index < -0.39 is 12.0 Å². The molecule has 0 saturated heterocycles. The van der Waals surface area contributed by atoms with Crippen LogP contribution in [0.5, 0.6) is 5.75 Å². The van der Waals surface area contributed by atoms with Gasteiger partial charge in [-0.05, 0) is 41.7 Å². The molecular formula is C24H25N3O5S. The van der Waals surface area contributed by atoms with Gasteiger partial charge in [-0.3, -0.25) is 4.79 Å². The fourth-order valence-electron chi connectivity index (χ4n) is 3.84. The Morgan fingerprint density at radius 3 is 2.64 bits per heavy atom. The summed E-state index contributed by atoms with van der Waals surface area (Å²) >= 11 is 1.44. The van der Waals surface area contributed by atoms with Gasteiger partial charge in [-0.1, -0.05) is 30.8 Å². The molecule has 4 rings (SSSR count). The average Bonchev–Trinajstić information content (AvgIpc) is 3.51. The highest BCUT2D eigenvalue weighted by molar-refractivity contribution is 8.16. The van der Waals surface area contributed by atoms with Crippen LogP contribution in [0.1, 0.15) is 37.1 Å². The molecule has 2 aromatic rings. The van der Waals surface area contributed by atoms with Gasteiger partial charge in [0, 0.05) is 5.70 Å². The molecular weight excluding hydrogens is 442 g/mol. The molecule has 1 amide bonds. The smallest absolute Gasteiger partial charge is 0.338 e. The third-order valence-corrected chi connectivity index (χ3v) is 6.33. The maximum Gasteiger partial charge on any atom is 0.338 e. The Labute approximate surface area is 196 Å². The number of allylic oxidation sites excluding steroid dienone is 1. The molecule has 0 spiro atoms. The normalized spacial score (nSPS) is 17.3. The number of aliphatic imine (C=N–C) groups is 1. The Morgan fingerprint density at radius 2 is 2.00 bits per heavy atom. The molecule has 2 aliphatic heterocycles. The van der Waals surface area contributed by atoms with Gasteiger partial charge < -0.3 is 24.1 Å². The molecule has 1 aromatic carbocycles. The van der Waals surface area contributed by atoms with E-state index >= 15 is 0 Å². The van der Waals surface area contributed by atoms with Crippen LogP contribution in [-0.4, -0.2) is 36.2 Å². The number of benzene rings is 1. The highest BCUT2D eigenvalue weighted by Gasteiger charge is 2.41. The van der Waals surface area contributed by atoms with E-state index in [9.17, 15) is 9.59 Å². The number of carbonyl (C=O) groups excluding carboxylic acids is 2. The van der Waals surface area contributed by atoms with Crippen LogP contribution in [0.15, 0.2) is 74.4 Å². The van der Waals surface area contributed by atoms with Gasteiger partial charge >= 0.3 is 5.97 Å². The summed E-state index contributed by atoms with van der Waals surface area (Å²) in [6, 6.07) is 10.7. The van der Waals surface area contributed by atoms with Crippen LogP contribution in [0.4, 0.5) is 0 Å². The number of furan rings is 1. The van der Waals surface area contributed by atoms with Gasteiger partial charge in [0.25, 0.3) is 0 Å². The maximum absolute atomic E-state index is 12.9. The van der Waals surface area contributed by atoms with Crippen molar-refractivity contribution in [2.75, 3.05) is 14.2 Å². The van der Waals surface area contributed by atoms with Gasteiger partial charge in [0.15, 0.2) is 5.17 Å². The summed E-state index contributed by atoms with van der Waals surface area (Å²) in [7, 11) is 2.97. The summed E-state index contributed by atoms with van der Waals surface area (Å²) in [4.78, 5) is 32.3. The highest BCUT2D eigenvalue weighted by atomic mass is 32.2. The lowest BCUT2D eigenvalue weighted by molar-refractivity contribution is -0.136. The van der Waals surface area contributed by atoms with Gasteiger partial charge in [-0.15, -0.1) is 0 Å². The molecule has 0 aliphatic carbocycles. The molecule has 9 heteroatoms. The number of ether oxygens (including phenoxy) is 2. The van der Waals surface area contributed by atoms with Crippen molar-refractivity contribution in [3.05, 3.63) is 76.4 Å². The van der Waals surface area contributed by atoms with E-state index in [1.54, 1.807) is 25.5 Å². The number of esters is 1. The number of rotatable bonds is 8. The zero-order valence-electron chi connectivity index (χ0n) is 18.7. The number of hydrogen-bond donors (Lipinski definition) is 1. The monoisotopic (exact) mass is 467 g/mol. The second kappa shape index (κ2) is 9.99. The third kappa shape index (κ3) is 4.68. The minimum atomic E-state index is -0.468. The molecule has 33 heavy (non-hydrogen) atoms. The van der Waals surface area contributed by atoms with E-state index in [0.717, 1.165) is 16.4 Å². The molecule has 0 saturated carbocycles. The van der Waals surface area contributed by atoms with Crippen molar-refractivity contribution in [3.8, 4) is 5.75 Å². The number of hydrogen-bond acceptors (Lipinski definition) is 8. The van der Waals surface area contributed by atoms with Gasteiger partial charge in [-0.2, -0.15) is 0 Å². The van der Waals surface area contributed by atoms with Gasteiger partial charge in [0.2, 0.25) is 5.91 Å². The van der Waals surface area contributed by atoms with Crippen molar-refractivity contribution < 1.29 is 23.5 Å². The van der Waals surface area contributed by atoms with Crippen LogP contribution in [0, 0.1) is 0 Å². The van der Waals surface area contributed by atoms with E-state index in [-0.39, 0.29) is 12.3 Å². The second-order valence-electron chi connectivity index (χ2n) is 7.41. The Morgan fingerprint density at radius 1 is 1.21 bits per heavy atom. The maximum atomic E-state index is 12.9. The summed E-state index contributed by atoms with van der Waals surface area (Å²) in [6.45, 7) is 2.27. The lowest BCUT2D eigenvalue weighted by Crippen LogP contribution is -2.38. The van der Waals surface area contributed by atoms with E-state index in [4.69, 9.17) is 18.9 Å². The summed E-state index contributed by atoms with van der Waals surface area (Å²) in [5.41, 5.74) is 2.78. The molecule has 172 valence electrons. The Hall–Kier alpha value is -3.46. The van der Waals surface area contributed by atoms with Crippen LogP contribution >= 0.6 is 11.8 Å². The molecule has 0 fully saturated rings. The number of fused-ring (bicyclic) bond motifs is 1. The molecule has 1 atom stereocenters. The molecule has 2 aliphatic rings. The van der Waals surface area contributed by atoms with Crippen LogP contribution in [0.25, 0.3) is 0 Å². The van der Waals surface area contributed by atoms with Gasteiger partial charge in [-0.25, -0.2) is 9.79 Å². The molecule has 0 radical (unpaired) electrons. The zero-order valence-corrected chi connectivity index (χ0v) is 19.5. The SMILES string of the molecule is CCC1=C(C(=O)OC)C(c2ccc(OC)cc2)N2C(CC(=O)NCc3ccco3)=CSC2=N1. The van der Waals surface area contributed by atoms with Crippen LogP contribution < -0.4 is 10.1 Å². The number of amides is 1. The predicted molar refractivity (Wildman–Crippen MR) is 125 cm³/mol. The van der Waals surface area contributed by atoms with E-state index in [2.05, 4.69) is 5.32 Å². The minimum Gasteiger partial charge on any atom is -0.497 e. The Balaban J connectivity index is 1.65. The van der Waals surface area contributed by atoms with Crippen molar-refractivity contribution in [1.82, 2.24) is 10.2 Å². The Bertz CT molecular complexity index is 1120. The number of methoxy groups -OCH3 is 2. The molecule has 0 bridgehead atoms. The quantitative estimate of drug-likeness (QED) is 0.584. The summed E-state index contributed by atoms with van der Waals surface area (Å²) < 4.78 is 15.7. The Kier molecular flexibility index (Phi) is 6.88.